The number of esters is 1. The van der Waals surface area contributed by atoms with Gasteiger partial charge in [-0.2, -0.15) is 0 Å². The summed E-state index contributed by atoms with van der Waals surface area (Å²) in [5.74, 6) is 1.71. The maximum atomic E-state index is 12.2. The molecule has 0 saturated carbocycles. The minimum Gasteiger partial charge on any atom is -0.489 e. The highest BCUT2D eigenvalue weighted by atomic mass is 35.5. The van der Waals surface area contributed by atoms with E-state index in [2.05, 4.69) is 4.98 Å². The average Bonchev–Trinajstić information content (AvgIpc) is 2.96. The summed E-state index contributed by atoms with van der Waals surface area (Å²) in [4.78, 5) is 16.6. The zero-order valence-corrected chi connectivity index (χ0v) is 17.1. The third kappa shape index (κ3) is 4.66. The fourth-order valence-corrected chi connectivity index (χ4v) is 3.24. The summed E-state index contributed by atoms with van der Waals surface area (Å²) < 4.78 is 22.2. The number of ether oxygens (including phenoxy) is 3. The fraction of sp³-hybridized carbons (Fsp3) is 0.217. The number of aryl methyl sites for hydroxylation is 1. The minimum absolute atomic E-state index is 0.0211. The molecule has 0 unspecified atom stereocenters. The van der Waals surface area contributed by atoms with Crippen molar-refractivity contribution in [2.75, 3.05) is 13.2 Å². The second kappa shape index (κ2) is 9.05. The van der Waals surface area contributed by atoms with E-state index < -0.39 is 5.97 Å². The fourth-order valence-electron chi connectivity index (χ4n) is 2.96. The second-order valence-electron chi connectivity index (χ2n) is 6.71. The van der Waals surface area contributed by atoms with Gasteiger partial charge in [-0.3, -0.25) is 0 Å². The van der Waals surface area contributed by atoms with E-state index in [0.717, 1.165) is 12.0 Å². The van der Waals surface area contributed by atoms with E-state index in [9.17, 15) is 4.79 Å². The highest BCUT2D eigenvalue weighted by Crippen LogP contribution is 2.38. The van der Waals surface area contributed by atoms with E-state index in [0.29, 0.717) is 52.6 Å². The van der Waals surface area contributed by atoms with Gasteiger partial charge in [0.1, 0.15) is 18.1 Å². The predicted octanol–water partition coefficient (Wildman–Crippen LogP) is 5.22. The van der Waals surface area contributed by atoms with Crippen molar-refractivity contribution < 1.29 is 23.4 Å². The third-order valence-corrected chi connectivity index (χ3v) is 4.78. The van der Waals surface area contributed by atoms with E-state index in [4.69, 9.17) is 30.2 Å². The molecule has 0 N–H and O–H groups in total. The number of nitrogens with zero attached hydrogens (tertiary/aromatic N) is 1. The SMILES string of the molecule is Cc1oc(-c2ccccc2)nc1COC(=O)C=Cc1cc(Cl)c2c(c1)OCCCO2. The monoisotopic (exact) mass is 425 g/mol. The van der Waals surface area contributed by atoms with Gasteiger partial charge in [0.15, 0.2) is 11.5 Å². The Morgan fingerprint density at radius 2 is 2.00 bits per heavy atom. The van der Waals surface area contributed by atoms with Crippen molar-refractivity contribution in [2.24, 2.45) is 0 Å². The predicted molar refractivity (Wildman–Crippen MR) is 113 cm³/mol. The molecule has 30 heavy (non-hydrogen) atoms. The maximum Gasteiger partial charge on any atom is 0.331 e. The van der Waals surface area contributed by atoms with Crippen LogP contribution in [-0.4, -0.2) is 24.2 Å². The number of hydrogen-bond acceptors (Lipinski definition) is 6. The first kappa shape index (κ1) is 20.0. The number of hydrogen-bond donors (Lipinski definition) is 0. The highest BCUT2D eigenvalue weighted by Gasteiger charge is 2.15. The Morgan fingerprint density at radius 1 is 1.20 bits per heavy atom. The molecule has 1 aliphatic rings. The quantitative estimate of drug-likeness (QED) is 0.412. The summed E-state index contributed by atoms with van der Waals surface area (Å²) in [6, 6.07) is 13.0. The van der Waals surface area contributed by atoms with Gasteiger partial charge < -0.3 is 18.6 Å². The molecule has 0 spiro atoms. The topological polar surface area (TPSA) is 70.8 Å². The van der Waals surface area contributed by atoms with Crippen LogP contribution >= 0.6 is 11.6 Å². The third-order valence-electron chi connectivity index (χ3n) is 4.50. The Balaban J connectivity index is 1.40. The zero-order chi connectivity index (χ0) is 20.9. The standard InChI is InChI=1S/C23H20ClNO5/c1-15-19(25-23(30-15)17-6-3-2-4-7-17)14-29-21(26)9-8-16-12-18(24)22-20(13-16)27-10-5-11-28-22/h2-4,6-9,12-13H,5,10-11,14H2,1H3. The van der Waals surface area contributed by atoms with Crippen LogP contribution < -0.4 is 9.47 Å². The van der Waals surface area contributed by atoms with Gasteiger partial charge in [0.2, 0.25) is 5.89 Å². The Kier molecular flexibility index (Phi) is 6.05. The molecule has 2 heterocycles. The molecule has 0 radical (unpaired) electrons. The Labute approximate surface area is 179 Å². The van der Waals surface area contributed by atoms with Crippen LogP contribution in [0.4, 0.5) is 0 Å². The first-order valence-electron chi connectivity index (χ1n) is 9.56. The van der Waals surface area contributed by atoms with E-state index in [1.807, 2.05) is 30.3 Å². The van der Waals surface area contributed by atoms with Crippen molar-refractivity contribution in [1.29, 1.82) is 0 Å². The van der Waals surface area contributed by atoms with Crippen molar-refractivity contribution in [2.45, 2.75) is 20.0 Å². The van der Waals surface area contributed by atoms with Gasteiger partial charge in [0.25, 0.3) is 0 Å². The lowest BCUT2D eigenvalue weighted by molar-refractivity contribution is -0.139. The lowest BCUT2D eigenvalue weighted by atomic mass is 10.2. The number of aromatic nitrogens is 1. The molecule has 3 aromatic rings. The maximum absolute atomic E-state index is 12.2. The van der Waals surface area contributed by atoms with E-state index in [1.54, 1.807) is 25.1 Å². The molecular formula is C23H20ClNO5. The summed E-state index contributed by atoms with van der Waals surface area (Å²) in [5.41, 5.74) is 2.16. The summed E-state index contributed by atoms with van der Waals surface area (Å²) in [6.07, 6.45) is 3.74. The van der Waals surface area contributed by atoms with Crippen molar-refractivity contribution in [3.63, 3.8) is 0 Å². The Morgan fingerprint density at radius 3 is 2.83 bits per heavy atom. The van der Waals surface area contributed by atoms with Gasteiger partial charge in [0.05, 0.1) is 18.2 Å². The van der Waals surface area contributed by atoms with Crippen molar-refractivity contribution in [3.8, 4) is 23.0 Å². The van der Waals surface area contributed by atoms with Crippen molar-refractivity contribution in [1.82, 2.24) is 4.98 Å². The van der Waals surface area contributed by atoms with Gasteiger partial charge in [0, 0.05) is 18.1 Å². The number of rotatable bonds is 5. The van der Waals surface area contributed by atoms with E-state index >= 15 is 0 Å². The molecule has 7 heteroatoms. The van der Waals surface area contributed by atoms with Gasteiger partial charge >= 0.3 is 5.97 Å². The molecule has 0 aliphatic carbocycles. The number of carbonyl (C=O) groups excluding carboxylic acids is 1. The largest absolute Gasteiger partial charge is 0.489 e. The number of oxazole rings is 1. The summed E-state index contributed by atoms with van der Waals surface area (Å²) in [6.45, 7) is 2.92. The molecule has 1 aromatic heterocycles. The number of benzene rings is 2. The summed E-state index contributed by atoms with van der Waals surface area (Å²) in [5, 5.41) is 0.439. The van der Waals surface area contributed by atoms with Gasteiger partial charge in [-0.25, -0.2) is 9.78 Å². The molecular weight excluding hydrogens is 406 g/mol. The molecule has 154 valence electrons. The van der Waals surface area contributed by atoms with Crippen LogP contribution in [0, 0.1) is 6.92 Å². The molecule has 1 aliphatic heterocycles. The normalized spacial score (nSPS) is 13.3. The Hall–Kier alpha value is -3.25. The lowest BCUT2D eigenvalue weighted by Gasteiger charge is -2.09. The first-order chi connectivity index (χ1) is 14.6. The van der Waals surface area contributed by atoms with Crippen LogP contribution in [0.1, 0.15) is 23.4 Å². The first-order valence-corrected chi connectivity index (χ1v) is 9.93. The van der Waals surface area contributed by atoms with Crippen LogP contribution in [0.5, 0.6) is 11.5 Å². The van der Waals surface area contributed by atoms with E-state index in [-0.39, 0.29) is 6.61 Å². The summed E-state index contributed by atoms with van der Waals surface area (Å²) in [7, 11) is 0. The average molecular weight is 426 g/mol. The minimum atomic E-state index is -0.498. The number of carbonyl (C=O) groups is 1. The second-order valence-corrected chi connectivity index (χ2v) is 7.12. The lowest BCUT2D eigenvalue weighted by Crippen LogP contribution is -2.02. The summed E-state index contributed by atoms with van der Waals surface area (Å²) >= 11 is 6.27. The molecule has 0 saturated heterocycles. The van der Waals surface area contributed by atoms with Gasteiger partial charge in [-0.1, -0.05) is 29.8 Å². The van der Waals surface area contributed by atoms with Crippen molar-refractivity contribution >= 4 is 23.6 Å². The number of fused-ring (bicyclic) bond motifs is 1. The van der Waals surface area contributed by atoms with Gasteiger partial charge in [-0.05, 0) is 42.8 Å². The molecule has 4 rings (SSSR count). The van der Waals surface area contributed by atoms with Crippen molar-refractivity contribution in [3.05, 3.63) is 70.6 Å². The molecule has 0 atom stereocenters. The molecule has 2 aromatic carbocycles. The van der Waals surface area contributed by atoms with E-state index in [1.165, 1.54) is 6.08 Å². The van der Waals surface area contributed by atoms with Crippen LogP contribution in [0.2, 0.25) is 5.02 Å². The van der Waals surface area contributed by atoms with Crippen LogP contribution in [0.3, 0.4) is 0 Å². The highest BCUT2D eigenvalue weighted by molar-refractivity contribution is 6.32. The number of halogens is 1. The molecule has 0 fully saturated rings. The molecule has 6 nitrogen and oxygen atoms in total. The molecule has 0 bridgehead atoms. The smallest absolute Gasteiger partial charge is 0.331 e. The van der Waals surface area contributed by atoms with Crippen LogP contribution in [-0.2, 0) is 16.1 Å². The van der Waals surface area contributed by atoms with Gasteiger partial charge in [-0.15, -0.1) is 0 Å². The van der Waals surface area contributed by atoms with Crippen LogP contribution in [0.15, 0.2) is 53.0 Å². The molecule has 0 amide bonds. The zero-order valence-electron chi connectivity index (χ0n) is 16.4. The van der Waals surface area contributed by atoms with Crippen LogP contribution in [0.25, 0.3) is 17.5 Å². The Bertz CT molecular complexity index is 1070.